The van der Waals surface area contributed by atoms with Crippen LogP contribution in [0, 0.1) is 6.92 Å². The lowest BCUT2D eigenvalue weighted by Gasteiger charge is -2.20. The highest BCUT2D eigenvalue weighted by Gasteiger charge is 2.32. The van der Waals surface area contributed by atoms with Crippen molar-refractivity contribution in [2.45, 2.75) is 45.2 Å². The molecule has 0 aliphatic carbocycles. The summed E-state index contributed by atoms with van der Waals surface area (Å²) in [6.45, 7) is 4.34. The molecule has 0 radical (unpaired) electrons. The van der Waals surface area contributed by atoms with E-state index in [0.717, 1.165) is 55.8 Å². The minimum Gasteiger partial charge on any atom is -0.493 e. The molecule has 5 nitrogen and oxygen atoms in total. The van der Waals surface area contributed by atoms with Crippen molar-refractivity contribution in [2.24, 2.45) is 4.99 Å². The van der Waals surface area contributed by atoms with Gasteiger partial charge in [0, 0.05) is 47.2 Å². The highest BCUT2D eigenvalue weighted by Crippen LogP contribution is 2.36. The maximum absolute atomic E-state index is 13.2. The van der Waals surface area contributed by atoms with Crippen LogP contribution in [0.4, 0.5) is 5.69 Å². The molecular weight excluding hydrogens is 566 g/mol. The largest absolute Gasteiger partial charge is 0.493 e. The summed E-state index contributed by atoms with van der Waals surface area (Å²) in [4.78, 5) is 19.8. The number of fused-ring (bicyclic) bond motifs is 5. The van der Waals surface area contributed by atoms with Gasteiger partial charge < -0.3 is 14.2 Å². The lowest BCUT2D eigenvalue weighted by Crippen LogP contribution is -2.35. The van der Waals surface area contributed by atoms with E-state index in [1.54, 1.807) is 0 Å². The van der Waals surface area contributed by atoms with Gasteiger partial charge in [0.15, 0.2) is 0 Å². The highest BCUT2D eigenvalue weighted by atomic mass is 16.5. The topological polar surface area (TPSA) is 46.8 Å². The predicted molar refractivity (Wildman–Crippen MR) is 188 cm³/mol. The van der Waals surface area contributed by atoms with E-state index in [-0.39, 0.29) is 11.9 Å². The molecule has 0 saturated carbocycles. The van der Waals surface area contributed by atoms with Crippen molar-refractivity contribution in [2.75, 3.05) is 13.2 Å². The molecule has 0 bridgehead atoms. The molecule has 2 aliphatic rings. The van der Waals surface area contributed by atoms with Gasteiger partial charge in [0.25, 0.3) is 5.91 Å². The maximum Gasteiger partial charge on any atom is 0.256 e. The molecule has 1 amide bonds. The van der Waals surface area contributed by atoms with E-state index in [2.05, 4.69) is 102 Å². The Labute approximate surface area is 269 Å². The predicted octanol–water partition coefficient (Wildman–Crippen LogP) is 9.62. The van der Waals surface area contributed by atoms with Crippen LogP contribution in [0.1, 0.15) is 41.6 Å². The van der Waals surface area contributed by atoms with E-state index in [0.29, 0.717) is 12.2 Å². The van der Waals surface area contributed by atoms with Crippen molar-refractivity contribution in [1.29, 1.82) is 0 Å². The summed E-state index contributed by atoms with van der Waals surface area (Å²) in [5.41, 5.74) is 9.80. The number of amides is 1. The van der Waals surface area contributed by atoms with Crippen molar-refractivity contribution >= 4 is 39.6 Å². The molecule has 2 aliphatic heterocycles. The van der Waals surface area contributed by atoms with Crippen LogP contribution < -0.4 is 4.74 Å². The molecule has 5 aromatic carbocycles. The van der Waals surface area contributed by atoms with Gasteiger partial charge >= 0.3 is 0 Å². The molecule has 228 valence electrons. The van der Waals surface area contributed by atoms with Crippen molar-refractivity contribution in [3.05, 3.63) is 120 Å². The number of ether oxygens (including phenoxy) is 1. The zero-order valence-electron chi connectivity index (χ0n) is 26.2. The molecule has 0 unspecified atom stereocenters. The second-order valence-electron chi connectivity index (χ2n) is 12.5. The Hall–Kier alpha value is -5.16. The van der Waals surface area contributed by atoms with Gasteiger partial charge in [0.2, 0.25) is 0 Å². The third-order valence-electron chi connectivity index (χ3n) is 9.58. The first-order chi connectivity index (χ1) is 22.6. The summed E-state index contributed by atoms with van der Waals surface area (Å²) in [7, 11) is 0. The average molecular weight is 604 g/mol. The van der Waals surface area contributed by atoms with Crippen molar-refractivity contribution < 1.29 is 9.53 Å². The van der Waals surface area contributed by atoms with Crippen LogP contribution >= 0.6 is 0 Å². The fourth-order valence-electron chi connectivity index (χ4n) is 7.15. The summed E-state index contributed by atoms with van der Waals surface area (Å²) in [6, 6.07) is 39.0. The number of aromatic nitrogens is 1. The van der Waals surface area contributed by atoms with Gasteiger partial charge in [-0.3, -0.25) is 9.79 Å². The van der Waals surface area contributed by atoms with Gasteiger partial charge in [0.1, 0.15) is 5.75 Å². The molecule has 1 aromatic heterocycles. The number of rotatable bonds is 8. The Bertz CT molecular complexity index is 2000. The molecule has 3 heterocycles. The third-order valence-corrected chi connectivity index (χ3v) is 9.58. The Morgan fingerprint density at radius 3 is 2.07 bits per heavy atom. The summed E-state index contributed by atoms with van der Waals surface area (Å²) >= 11 is 0. The second-order valence-corrected chi connectivity index (χ2v) is 12.5. The van der Waals surface area contributed by atoms with E-state index < -0.39 is 0 Å². The Morgan fingerprint density at radius 2 is 1.41 bits per heavy atom. The van der Waals surface area contributed by atoms with E-state index in [1.807, 2.05) is 30.2 Å². The second kappa shape index (κ2) is 12.0. The van der Waals surface area contributed by atoms with Crippen LogP contribution in [0.15, 0.2) is 114 Å². The van der Waals surface area contributed by atoms with Gasteiger partial charge in [-0.1, -0.05) is 72.8 Å². The molecule has 6 aromatic rings. The fraction of sp³-hybridized carbons (Fsp3) is 0.220. The molecule has 0 spiro atoms. The number of nitrogens with zero attached hydrogens (tertiary/aromatic N) is 3. The lowest BCUT2D eigenvalue weighted by molar-refractivity contribution is 0.0774. The van der Waals surface area contributed by atoms with Crippen LogP contribution in [0.2, 0.25) is 0 Å². The maximum atomic E-state index is 13.2. The number of carbonyl (C=O) groups excluding carboxylic acids is 1. The molecule has 8 rings (SSSR count). The quantitative estimate of drug-likeness (QED) is 0.163. The Kier molecular flexibility index (Phi) is 7.37. The molecular formula is C41H37N3O2. The standard InChI is InChI=1S/C41H37N3O2/c1-28-23-36-37(42-27-33-15-10-21-43(33)41(36)45)26-40(28)46-22-9-8-20-44-38-18-16-31(29-11-4-2-5-12-29)24-34(38)35-25-32(17-19-39(35)44)30-13-6-3-7-14-30/h2-7,11-14,16-19,23-27,33H,8-10,15,20-22H2,1H3/t33-/m0/s1. The first-order valence-corrected chi connectivity index (χ1v) is 16.4. The molecule has 1 atom stereocenters. The third kappa shape index (κ3) is 5.16. The van der Waals surface area contributed by atoms with Crippen molar-refractivity contribution in [3.8, 4) is 28.0 Å². The van der Waals surface area contributed by atoms with Crippen molar-refractivity contribution in [1.82, 2.24) is 9.47 Å². The zero-order valence-corrected chi connectivity index (χ0v) is 26.2. The average Bonchev–Trinajstić information content (AvgIpc) is 3.67. The number of benzene rings is 5. The normalized spacial score (nSPS) is 15.7. The highest BCUT2D eigenvalue weighted by molar-refractivity contribution is 6.10. The van der Waals surface area contributed by atoms with Crippen molar-refractivity contribution in [3.63, 3.8) is 0 Å². The fourth-order valence-corrected chi connectivity index (χ4v) is 7.15. The van der Waals surface area contributed by atoms with E-state index in [4.69, 9.17) is 9.73 Å². The van der Waals surface area contributed by atoms with Crippen LogP contribution in [-0.4, -0.2) is 40.8 Å². The van der Waals surface area contributed by atoms with Gasteiger partial charge in [-0.15, -0.1) is 0 Å². The molecule has 46 heavy (non-hydrogen) atoms. The molecule has 1 saturated heterocycles. The molecule has 5 heteroatoms. The van der Waals surface area contributed by atoms with Crippen LogP contribution in [0.3, 0.4) is 0 Å². The van der Waals surface area contributed by atoms with E-state index in [1.165, 1.54) is 44.1 Å². The van der Waals surface area contributed by atoms with E-state index >= 15 is 0 Å². The number of aliphatic imine (C=N–C) groups is 1. The SMILES string of the molecule is Cc1cc2c(cc1OCCCCn1c3ccc(-c4ccccc4)cc3c3cc(-c4ccccc4)ccc31)N=C[C@@H]1CCCN1C2=O. The number of unbranched alkanes of at least 4 members (excludes halogenated alkanes) is 1. The lowest BCUT2D eigenvalue weighted by atomic mass is 10.0. The van der Waals surface area contributed by atoms with Crippen LogP contribution in [-0.2, 0) is 6.54 Å². The monoisotopic (exact) mass is 603 g/mol. The Balaban J connectivity index is 1.03. The number of aryl methyl sites for hydroxylation is 2. The van der Waals surface area contributed by atoms with Gasteiger partial charge in [-0.05, 0) is 90.8 Å². The molecule has 1 fully saturated rings. The number of carbonyl (C=O) groups is 1. The number of hydrogen-bond donors (Lipinski definition) is 0. The summed E-state index contributed by atoms with van der Waals surface area (Å²) in [5, 5.41) is 2.56. The minimum atomic E-state index is 0.0857. The van der Waals surface area contributed by atoms with E-state index in [9.17, 15) is 4.79 Å². The van der Waals surface area contributed by atoms with Gasteiger partial charge in [-0.25, -0.2) is 0 Å². The first kappa shape index (κ1) is 28.3. The minimum absolute atomic E-state index is 0.0857. The van der Waals surface area contributed by atoms with Crippen LogP contribution in [0.5, 0.6) is 5.75 Å². The zero-order chi connectivity index (χ0) is 31.0. The summed E-state index contributed by atoms with van der Waals surface area (Å²) in [6.07, 6.45) is 5.86. The Morgan fingerprint density at radius 1 is 0.761 bits per heavy atom. The smallest absolute Gasteiger partial charge is 0.256 e. The van der Waals surface area contributed by atoms with Gasteiger partial charge in [-0.2, -0.15) is 0 Å². The van der Waals surface area contributed by atoms with Gasteiger partial charge in [0.05, 0.1) is 23.9 Å². The molecule has 0 N–H and O–H groups in total. The number of hydrogen-bond acceptors (Lipinski definition) is 3. The summed E-state index contributed by atoms with van der Waals surface area (Å²) < 4.78 is 8.76. The van der Waals surface area contributed by atoms with Crippen LogP contribution in [0.25, 0.3) is 44.1 Å². The first-order valence-electron chi connectivity index (χ1n) is 16.4. The summed E-state index contributed by atoms with van der Waals surface area (Å²) in [5.74, 6) is 0.895.